The van der Waals surface area contributed by atoms with Crippen LogP contribution in [0.25, 0.3) is 26.3 Å². The third kappa shape index (κ3) is 2.36. The SMILES string of the molecule is C[Si](C)(C)c1cccc2c3ccccc3p(-c3ccccc3)c12. The first-order valence-electron chi connectivity index (χ1n) is 8.15. The fourth-order valence-electron chi connectivity index (χ4n) is 3.47. The summed E-state index contributed by atoms with van der Waals surface area (Å²) in [5.41, 5.74) is 0. The molecule has 0 aliphatic carbocycles. The van der Waals surface area contributed by atoms with Crippen LogP contribution in [0.1, 0.15) is 0 Å². The molecule has 0 aliphatic rings. The van der Waals surface area contributed by atoms with E-state index in [4.69, 9.17) is 0 Å². The van der Waals surface area contributed by atoms with Crippen LogP contribution in [0.3, 0.4) is 0 Å². The van der Waals surface area contributed by atoms with Crippen LogP contribution in [0.2, 0.25) is 19.6 Å². The molecule has 2 heteroatoms. The topological polar surface area (TPSA) is 0 Å². The summed E-state index contributed by atoms with van der Waals surface area (Å²) >= 11 is 0. The van der Waals surface area contributed by atoms with E-state index in [2.05, 4.69) is 92.4 Å². The van der Waals surface area contributed by atoms with Crippen molar-refractivity contribution in [3.8, 4) is 5.30 Å². The smallest absolute Gasteiger partial charge is 0.0773 e. The Kier molecular flexibility index (Phi) is 3.44. The quantitative estimate of drug-likeness (QED) is 0.367. The Morgan fingerprint density at radius 1 is 0.652 bits per heavy atom. The molecule has 0 saturated carbocycles. The lowest BCUT2D eigenvalue weighted by molar-refractivity contribution is 1.75. The van der Waals surface area contributed by atoms with Crippen LogP contribution in [0.15, 0.2) is 72.8 Å². The molecule has 1 aromatic heterocycles. The lowest BCUT2D eigenvalue weighted by Crippen LogP contribution is -2.37. The highest BCUT2D eigenvalue weighted by molar-refractivity contribution is 7.68. The van der Waals surface area contributed by atoms with Gasteiger partial charge in [-0.3, -0.25) is 0 Å². The van der Waals surface area contributed by atoms with Crippen LogP contribution in [0, 0.1) is 0 Å². The van der Waals surface area contributed by atoms with Crippen molar-refractivity contribution < 1.29 is 0 Å². The van der Waals surface area contributed by atoms with Gasteiger partial charge in [0.25, 0.3) is 0 Å². The maximum Gasteiger partial charge on any atom is 0.0788 e. The van der Waals surface area contributed by atoms with Crippen LogP contribution in [-0.4, -0.2) is 8.07 Å². The normalized spacial score (nSPS) is 12.9. The number of hydrogen-bond donors (Lipinski definition) is 0. The summed E-state index contributed by atoms with van der Waals surface area (Å²) < 4.78 is 0. The molecule has 23 heavy (non-hydrogen) atoms. The fraction of sp³-hybridized carbons (Fsp3) is 0.143. The molecular formula is C21H21PSi. The maximum atomic E-state index is 2.46. The van der Waals surface area contributed by atoms with Gasteiger partial charge in [-0.2, -0.15) is 0 Å². The highest BCUT2D eigenvalue weighted by Gasteiger charge is 2.23. The van der Waals surface area contributed by atoms with Crippen molar-refractivity contribution in [1.29, 1.82) is 0 Å². The number of hydrogen-bond acceptors (Lipinski definition) is 0. The third-order valence-corrected chi connectivity index (χ3v) is 9.38. The van der Waals surface area contributed by atoms with Gasteiger partial charge >= 0.3 is 0 Å². The Morgan fingerprint density at radius 3 is 2.04 bits per heavy atom. The van der Waals surface area contributed by atoms with Crippen LogP contribution in [0.4, 0.5) is 0 Å². The van der Waals surface area contributed by atoms with E-state index >= 15 is 0 Å². The molecule has 0 nitrogen and oxygen atoms in total. The van der Waals surface area contributed by atoms with Crippen molar-refractivity contribution in [3.05, 3.63) is 72.8 Å². The zero-order valence-corrected chi connectivity index (χ0v) is 15.8. The Bertz CT molecular complexity index is 991. The van der Waals surface area contributed by atoms with E-state index in [-0.39, 0.29) is 0 Å². The van der Waals surface area contributed by atoms with Gasteiger partial charge in [0, 0.05) is 10.2 Å². The van der Waals surface area contributed by atoms with Crippen molar-refractivity contribution in [2.75, 3.05) is 0 Å². The van der Waals surface area contributed by atoms with Gasteiger partial charge in [-0.05, 0) is 21.3 Å². The predicted molar refractivity (Wildman–Crippen MR) is 108 cm³/mol. The van der Waals surface area contributed by atoms with Crippen LogP contribution in [0.5, 0.6) is 0 Å². The Labute approximate surface area is 139 Å². The van der Waals surface area contributed by atoms with Crippen molar-refractivity contribution in [3.63, 3.8) is 0 Å². The molecular weight excluding hydrogens is 311 g/mol. The van der Waals surface area contributed by atoms with Gasteiger partial charge in [-0.1, -0.05) is 100.0 Å². The van der Waals surface area contributed by atoms with Gasteiger partial charge < -0.3 is 0 Å². The highest BCUT2D eigenvalue weighted by Crippen LogP contribution is 2.54. The second-order valence-electron chi connectivity index (χ2n) is 7.14. The first-order valence-corrected chi connectivity index (χ1v) is 13.0. The second-order valence-corrected chi connectivity index (χ2v) is 14.3. The average molecular weight is 332 g/mol. The molecule has 0 saturated heterocycles. The van der Waals surface area contributed by atoms with E-state index in [1.165, 1.54) is 21.2 Å². The lowest BCUT2D eigenvalue weighted by atomic mass is 10.1. The van der Waals surface area contributed by atoms with E-state index in [0.29, 0.717) is 0 Å². The largest absolute Gasteiger partial charge is 0.0788 e. The molecule has 0 fully saturated rings. The molecule has 1 unspecified atom stereocenters. The number of benzene rings is 3. The first-order chi connectivity index (χ1) is 11.1. The molecule has 4 rings (SSSR count). The number of fused-ring (bicyclic) bond motifs is 3. The summed E-state index contributed by atoms with van der Waals surface area (Å²) in [7, 11) is -1.81. The van der Waals surface area contributed by atoms with E-state index < -0.39 is 15.6 Å². The molecule has 0 aliphatic heterocycles. The van der Waals surface area contributed by atoms with Gasteiger partial charge in [0.1, 0.15) is 0 Å². The fourth-order valence-corrected chi connectivity index (χ4v) is 8.92. The van der Waals surface area contributed by atoms with Crippen LogP contribution < -0.4 is 5.19 Å². The first kappa shape index (κ1) is 14.7. The monoisotopic (exact) mass is 332 g/mol. The molecule has 114 valence electrons. The second kappa shape index (κ2) is 5.37. The molecule has 0 bridgehead atoms. The molecule has 0 radical (unpaired) electrons. The van der Waals surface area contributed by atoms with Crippen molar-refractivity contribution in [2.45, 2.75) is 19.6 Å². The minimum Gasteiger partial charge on any atom is -0.0773 e. The molecule has 0 amide bonds. The highest BCUT2D eigenvalue weighted by atomic mass is 31.1. The molecule has 0 N–H and O–H groups in total. The van der Waals surface area contributed by atoms with E-state index in [1.807, 2.05) is 0 Å². The van der Waals surface area contributed by atoms with E-state index in [9.17, 15) is 0 Å². The predicted octanol–water partition coefficient (Wildman–Crippen LogP) is 6.51. The third-order valence-electron chi connectivity index (χ3n) is 4.52. The standard InChI is InChI=1S/C21H21PSi/c1-23(2,3)20-15-9-13-18-17-12-7-8-14-19(17)22(21(18)20)16-10-5-4-6-11-16/h4-15H,1-3H3. The summed E-state index contributed by atoms with van der Waals surface area (Å²) in [5, 5.41) is 9.15. The zero-order chi connectivity index (χ0) is 16.0. The summed E-state index contributed by atoms with van der Waals surface area (Å²) in [5.74, 6) is 0. The molecule has 0 spiro atoms. The maximum absolute atomic E-state index is 2.46. The van der Waals surface area contributed by atoms with Crippen molar-refractivity contribution >= 4 is 41.8 Å². The molecule has 1 atom stereocenters. The van der Waals surface area contributed by atoms with Crippen LogP contribution in [-0.2, 0) is 0 Å². The average Bonchev–Trinajstić information content (AvgIpc) is 2.89. The minimum atomic E-state index is -1.39. The summed E-state index contributed by atoms with van der Waals surface area (Å²) in [6, 6.07) is 27.0. The summed E-state index contributed by atoms with van der Waals surface area (Å²) in [4.78, 5) is 0. The zero-order valence-electron chi connectivity index (χ0n) is 13.9. The van der Waals surface area contributed by atoms with Gasteiger partial charge in [0.05, 0.1) is 8.07 Å². The Balaban J connectivity index is 2.26. The van der Waals surface area contributed by atoms with Gasteiger partial charge in [-0.15, -0.1) is 0 Å². The summed E-state index contributed by atoms with van der Waals surface area (Å²) in [6.07, 6.45) is 0. The minimum absolute atomic E-state index is 0.422. The van der Waals surface area contributed by atoms with Gasteiger partial charge in [0.15, 0.2) is 0 Å². The van der Waals surface area contributed by atoms with Crippen LogP contribution >= 0.6 is 7.53 Å². The summed E-state index contributed by atoms with van der Waals surface area (Å²) in [6.45, 7) is 7.39. The number of rotatable bonds is 2. The Hall–Kier alpha value is -1.82. The molecule has 3 aromatic carbocycles. The molecule has 4 aromatic rings. The van der Waals surface area contributed by atoms with Crippen molar-refractivity contribution in [2.24, 2.45) is 0 Å². The van der Waals surface area contributed by atoms with E-state index in [0.717, 1.165) is 0 Å². The molecule has 1 heterocycles. The Morgan fingerprint density at radius 2 is 1.30 bits per heavy atom. The van der Waals surface area contributed by atoms with Crippen molar-refractivity contribution in [1.82, 2.24) is 0 Å². The van der Waals surface area contributed by atoms with E-state index in [1.54, 1.807) is 10.3 Å². The van der Waals surface area contributed by atoms with Gasteiger partial charge in [0.2, 0.25) is 0 Å². The van der Waals surface area contributed by atoms with Gasteiger partial charge in [-0.25, -0.2) is 0 Å². The lowest BCUT2D eigenvalue weighted by Gasteiger charge is -2.19.